The lowest BCUT2D eigenvalue weighted by Gasteiger charge is -2.38. The van der Waals surface area contributed by atoms with Crippen molar-refractivity contribution in [3.63, 3.8) is 0 Å². The Kier molecular flexibility index (Phi) is 6.99. The predicted octanol–water partition coefficient (Wildman–Crippen LogP) is 4.88. The van der Waals surface area contributed by atoms with E-state index in [-0.39, 0.29) is 30.3 Å². The van der Waals surface area contributed by atoms with Gasteiger partial charge >= 0.3 is 0 Å². The van der Waals surface area contributed by atoms with Crippen molar-refractivity contribution in [2.24, 2.45) is 23.7 Å². The van der Waals surface area contributed by atoms with Gasteiger partial charge in [0.1, 0.15) is 11.6 Å². The van der Waals surface area contributed by atoms with Crippen LogP contribution in [0.4, 0.5) is 5.69 Å². The van der Waals surface area contributed by atoms with Crippen molar-refractivity contribution >= 4 is 35.0 Å². The summed E-state index contributed by atoms with van der Waals surface area (Å²) in [5.41, 5.74) is 1.18. The Balaban J connectivity index is 1.32. The van der Waals surface area contributed by atoms with Crippen LogP contribution < -0.4 is 10.6 Å². The highest BCUT2D eigenvalue weighted by atomic mass is 35.5. The van der Waals surface area contributed by atoms with Gasteiger partial charge in [0.2, 0.25) is 17.7 Å². The van der Waals surface area contributed by atoms with Crippen molar-refractivity contribution < 1.29 is 19.1 Å². The fourth-order valence-corrected chi connectivity index (χ4v) is 7.34. The third kappa shape index (κ3) is 4.44. The second kappa shape index (κ2) is 10.3. The summed E-state index contributed by atoms with van der Waals surface area (Å²) in [4.78, 5) is 43.6. The summed E-state index contributed by atoms with van der Waals surface area (Å²) in [6.07, 6.45) is 6.24. The van der Waals surface area contributed by atoms with Crippen LogP contribution >= 0.6 is 11.6 Å². The Labute approximate surface area is 240 Å². The monoisotopic (exact) mass is 561 g/mol. The minimum Gasteiger partial charge on any atom is -0.359 e. The maximum absolute atomic E-state index is 14.2. The molecule has 40 heavy (non-hydrogen) atoms. The number of hydrogen-bond acceptors (Lipinski definition) is 4. The van der Waals surface area contributed by atoms with E-state index in [4.69, 9.17) is 16.3 Å². The molecular formula is C32H36ClN3O4. The molecule has 3 heterocycles. The number of ether oxygens (including phenoxy) is 1. The highest BCUT2D eigenvalue weighted by molar-refractivity contribution is 6.31. The molecule has 2 N–H and O–H groups in total. The number of hydrogen-bond donors (Lipinski definition) is 2. The molecule has 3 aliphatic heterocycles. The van der Waals surface area contributed by atoms with Gasteiger partial charge in [0.15, 0.2) is 0 Å². The predicted molar refractivity (Wildman–Crippen MR) is 153 cm³/mol. The molecule has 4 aliphatic rings. The fraction of sp³-hybridized carbons (Fsp3) is 0.469. The molecule has 2 aromatic carbocycles. The maximum atomic E-state index is 14.2. The van der Waals surface area contributed by atoms with Crippen LogP contribution in [0.2, 0.25) is 5.02 Å². The van der Waals surface area contributed by atoms with Crippen LogP contribution in [-0.4, -0.2) is 46.4 Å². The molecule has 8 heteroatoms. The van der Waals surface area contributed by atoms with E-state index in [0.717, 1.165) is 30.4 Å². The van der Waals surface area contributed by atoms with Gasteiger partial charge in [-0.05, 0) is 48.4 Å². The summed E-state index contributed by atoms with van der Waals surface area (Å²) in [7, 11) is 0. The van der Waals surface area contributed by atoms with Crippen molar-refractivity contribution in [3.8, 4) is 0 Å². The Hall–Kier alpha value is -3.16. The molecule has 1 spiro atoms. The van der Waals surface area contributed by atoms with Crippen molar-refractivity contribution in [1.29, 1.82) is 0 Å². The zero-order valence-electron chi connectivity index (χ0n) is 23.1. The van der Waals surface area contributed by atoms with E-state index in [2.05, 4.69) is 24.5 Å². The van der Waals surface area contributed by atoms with Crippen LogP contribution in [0.15, 0.2) is 60.7 Å². The van der Waals surface area contributed by atoms with Crippen LogP contribution in [0.5, 0.6) is 0 Å². The molecule has 3 fully saturated rings. The number of halogens is 1. The Morgan fingerprint density at radius 3 is 2.62 bits per heavy atom. The number of carbonyl (C=O) groups is 3. The van der Waals surface area contributed by atoms with Crippen LogP contribution in [0.1, 0.15) is 44.2 Å². The van der Waals surface area contributed by atoms with Gasteiger partial charge < -0.3 is 20.3 Å². The first kappa shape index (κ1) is 27.0. The van der Waals surface area contributed by atoms with Gasteiger partial charge in [-0.1, -0.05) is 86.8 Å². The Bertz CT molecular complexity index is 1360. The molecule has 0 unspecified atom stereocenters. The zero-order chi connectivity index (χ0) is 28.2. The first-order chi connectivity index (χ1) is 19.2. The van der Waals surface area contributed by atoms with Crippen molar-refractivity contribution in [1.82, 2.24) is 10.2 Å². The van der Waals surface area contributed by atoms with E-state index in [1.807, 2.05) is 55.5 Å². The summed E-state index contributed by atoms with van der Waals surface area (Å²) < 4.78 is 6.49. The lowest BCUT2D eigenvalue weighted by Crippen LogP contribution is -2.57. The van der Waals surface area contributed by atoms with Gasteiger partial charge in [-0.2, -0.15) is 0 Å². The summed E-state index contributed by atoms with van der Waals surface area (Å²) in [5.74, 6) is -1.48. The minimum atomic E-state index is -1.20. The van der Waals surface area contributed by atoms with E-state index in [1.165, 1.54) is 0 Å². The number of anilines is 1. The molecule has 0 aromatic heterocycles. The summed E-state index contributed by atoms with van der Waals surface area (Å²) in [5, 5.41) is 6.79. The van der Waals surface area contributed by atoms with E-state index in [9.17, 15) is 14.4 Å². The smallest absolute Gasteiger partial charge is 0.246 e. The molecule has 0 radical (unpaired) electrons. The van der Waals surface area contributed by atoms with E-state index in [1.54, 1.807) is 17.0 Å². The number of likely N-dealkylation sites (tertiary alicyclic amines) is 1. The second-order valence-corrected chi connectivity index (χ2v) is 12.4. The topological polar surface area (TPSA) is 87.7 Å². The molecule has 1 saturated carbocycles. The highest BCUT2D eigenvalue weighted by Crippen LogP contribution is 2.55. The highest BCUT2D eigenvalue weighted by Gasteiger charge is 2.72. The normalized spacial score (nSPS) is 34.1. The third-order valence-corrected chi connectivity index (χ3v) is 10.0. The van der Waals surface area contributed by atoms with Crippen molar-refractivity contribution in [3.05, 3.63) is 76.8 Å². The number of nitrogens with one attached hydrogen (secondary N) is 2. The number of nitrogens with zero attached hydrogens (tertiary/aromatic N) is 1. The molecule has 2 saturated heterocycles. The quantitative estimate of drug-likeness (QED) is 0.492. The van der Waals surface area contributed by atoms with Gasteiger partial charge in [0, 0.05) is 23.3 Å². The van der Waals surface area contributed by atoms with Gasteiger partial charge in [-0.3, -0.25) is 14.4 Å². The fourth-order valence-electron chi connectivity index (χ4n) is 7.16. The third-order valence-electron chi connectivity index (χ3n) is 9.59. The number of amides is 3. The number of rotatable bonds is 6. The van der Waals surface area contributed by atoms with Gasteiger partial charge in [-0.15, -0.1) is 0 Å². The average Bonchev–Trinajstić information content (AvgIpc) is 3.57. The van der Waals surface area contributed by atoms with E-state index < -0.39 is 29.6 Å². The average molecular weight is 562 g/mol. The van der Waals surface area contributed by atoms with Crippen molar-refractivity contribution in [2.45, 2.75) is 70.4 Å². The van der Waals surface area contributed by atoms with Crippen LogP contribution in [0.25, 0.3) is 0 Å². The lowest BCUT2D eigenvalue weighted by molar-refractivity contribution is -0.142. The van der Waals surface area contributed by atoms with E-state index >= 15 is 0 Å². The van der Waals surface area contributed by atoms with Gasteiger partial charge in [0.25, 0.3) is 0 Å². The molecule has 2 bridgehead atoms. The molecule has 210 valence electrons. The molecule has 1 aliphatic carbocycles. The number of carbonyl (C=O) groups excluding carboxylic acids is 3. The number of fused-ring (bicyclic) bond motifs is 1. The Morgan fingerprint density at radius 1 is 1.10 bits per heavy atom. The van der Waals surface area contributed by atoms with Gasteiger partial charge in [-0.25, -0.2) is 0 Å². The summed E-state index contributed by atoms with van der Waals surface area (Å²) in [6, 6.07) is 14.1. The Morgan fingerprint density at radius 2 is 1.88 bits per heavy atom. The maximum Gasteiger partial charge on any atom is 0.246 e. The van der Waals surface area contributed by atoms with Crippen LogP contribution in [0.3, 0.4) is 0 Å². The largest absolute Gasteiger partial charge is 0.359 e. The number of aryl methyl sites for hydroxylation is 1. The summed E-state index contributed by atoms with van der Waals surface area (Å²) in [6.45, 7) is 6.57. The van der Waals surface area contributed by atoms with Crippen LogP contribution in [-0.2, 0) is 25.7 Å². The molecule has 6 rings (SSSR count). The molecule has 2 aromatic rings. The van der Waals surface area contributed by atoms with E-state index in [0.29, 0.717) is 22.5 Å². The standard InChI is InChI=1S/C32H36ClN3O4/c1-18-8-7-11-24(20(18)3)35-30(38)28-32-15-14-25(40-32)26(29(37)34-22-13-12-19(2)23(33)16-22)27(32)31(39)36(28)17-21-9-5-4-6-10-21/h4-6,9-10,12-16,18,20,24-28H,7-8,11,17H2,1-3H3,(H,34,37)(H,35,38)/t18-,20+,24-,25+,26-,27+,28+,32+/m1/s1. The molecular weight excluding hydrogens is 526 g/mol. The summed E-state index contributed by atoms with van der Waals surface area (Å²) >= 11 is 6.29. The van der Waals surface area contributed by atoms with Gasteiger partial charge in [0.05, 0.1) is 17.9 Å². The second-order valence-electron chi connectivity index (χ2n) is 12.0. The molecule has 7 nitrogen and oxygen atoms in total. The lowest BCUT2D eigenvalue weighted by atomic mass is 9.73. The SMILES string of the molecule is Cc1ccc(NC(=O)[C@@H]2[C@@H]3C=C[C@]4(O3)[C@@H]2C(=O)N(Cc2ccccc2)[C@H]4C(=O)N[C@@H]2CCC[C@@H](C)[C@@H]2C)cc1Cl. The van der Waals surface area contributed by atoms with Crippen molar-refractivity contribution in [2.75, 3.05) is 5.32 Å². The number of benzene rings is 2. The molecule has 3 amide bonds. The first-order valence-corrected chi connectivity index (χ1v) is 14.7. The molecule has 8 atom stereocenters. The first-order valence-electron chi connectivity index (χ1n) is 14.3. The van der Waals surface area contributed by atoms with Crippen LogP contribution in [0, 0.1) is 30.6 Å². The zero-order valence-corrected chi connectivity index (χ0v) is 23.9. The minimum absolute atomic E-state index is 0.0355.